The normalized spacial score (nSPS) is 10.3. The number of thiophene rings is 1. The first-order chi connectivity index (χ1) is 8.06. The van der Waals surface area contributed by atoms with Gasteiger partial charge in [0.15, 0.2) is 0 Å². The van der Waals surface area contributed by atoms with E-state index in [0.717, 1.165) is 10.4 Å². The Morgan fingerprint density at radius 1 is 1.47 bits per heavy atom. The van der Waals surface area contributed by atoms with Crippen LogP contribution in [0.15, 0.2) is 18.3 Å². The summed E-state index contributed by atoms with van der Waals surface area (Å²) in [6.45, 7) is 3.95. The highest BCUT2D eigenvalue weighted by molar-refractivity contribution is 7.14. The van der Waals surface area contributed by atoms with Crippen LogP contribution < -0.4 is 5.32 Å². The molecule has 0 unspecified atom stereocenters. The third kappa shape index (κ3) is 2.81. The molecule has 0 aromatic carbocycles. The number of anilines is 1. The first-order valence-corrected chi connectivity index (χ1v) is 6.12. The fourth-order valence-electron chi connectivity index (χ4n) is 1.25. The van der Waals surface area contributed by atoms with Gasteiger partial charge in [0.05, 0.1) is 4.88 Å². The minimum Gasteiger partial charge on any atom is -0.290 e. The maximum absolute atomic E-state index is 11.9. The van der Waals surface area contributed by atoms with E-state index in [4.69, 9.17) is 11.6 Å². The van der Waals surface area contributed by atoms with Crippen LogP contribution in [0.5, 0.6) is 0 Å². The fourth-order valence-corrected chi connectivity index (χ4v) is 2.31. The Balaban J connectivity index is 2.17. The zero-order chi connectivity index (χ0) is 12.4. The smallest absolute Gasteiger partial charge is 0.268 e. The van der Waals surface area contributed by atoms with Crippen LogP contribution in [0.3, 0.4) is 0 Å². The van der Waals surface area contributed by atoms with Crippen LogP contribution in [0, 0.1) is 13.8 Å². The average molecular weight is 268 g/mol. The summed E-state index contributed by atoms with van der Waals surface area (Å²) in [7, 11) is 0. The van der Waals surface area contributed by atoms with Crippen molar-refractivity contribution >= 4 is 34.8 Å². The number of aryl methyl sites for hydroxylation is 2. The summed E-state index contributed by atoms with van der Waals surface area (Å²) >= 11 is 7.15. The van der Waals surface area contributed by atoms with E-state index in [1.165, 1.54) is 17.5 Å². The topological polar surface area (TPSA) is 54.9 Å². The molecule has 0 fully saturated rings. The van der Waals surface area contributed by atoms with Crippen molar-refractivity contribution in [3.05, 3.63) is 38.8 Å². The van der Waals surface area contributed by atoms with Crippen molar-refractivity contribution in [1.29, 1.82) is 0 Å². The van der Waals surface area contributed by atoms with Crippen molar-refractivity contribution in [2.45, 2.75) is 13.8 Å². The molecule has 2 rings (SSSR count). The number of nitrogens with one attached hydrogen (secondary N) is 1. The summed E-state index contributed by atoms with van der Waals surface area (Å²) in [4.78, 5) is 21.4. The predicted molar refractivity (Wildman–Crippen MR) is 68.8 cm³/mol. The van der Waals surface area contributed by atoms with Crippen LogP contribution in [0.25, 0.3) is 0 Å². The van der Waals surface area contributed by atoms with Gasteiger partial charge in [-0.3, -0.25) is 10.1 Å². The Labute approximate surface area is 108 Å². The van der Waals surface area contributed by atoms with Gasteiger partial charge >= 0.3 is 0 Å². The number of rotatable bonds is 2. The molecule has 6 heteroatoms. The standard InChI is InChI=1S/C11H10ClN3OS/c1-6-5-8(17-7(6)2)10(16)15-11-13-4-3-9(12)14-11/h3-5H,1-2H3,(H,13,14,15,16). The Bertz CT molecular complexity index is 548. The number of amides is 1. The summed E-state index contributed by atoms with van der Waals surface area (Å²) in [6.07, 6.45) is 1.50. The van der Waals surface area contributed by atoms with Crippen LogP contribution in [0.2, 0.25) is 5.15 Å². The number of nitrogens with zero attached hydrogens (tertiary/aromatic N) is 2. The minimum atomic E-state index is -0.214. The van der Waals surface area contributed by atoms with Gasteiger partial charge in [-0.05, 0) is 31.5 Å². The second-order valence-electron chi connectivity index (χ2n) is 3.51. The van der Waals surface area contributed by atoms with Crippen molar-refractivity contribution in [2.75, 3.05) is 5.32 Å². The van der Waals surface area contributed by atoms with E-state index in [1.807, 2.05) is 19.9 Å². The second kappa shape index (κ2) is 4.81. The largest absolute Gasteiger partial charge is 0.290 e. The van der Waals surface area contributed by atoms with E-state index >= 15 is 0 Å². The molecule has 88 valence electrons. The number of carbonyl (C=O) groups is 1. The Hall–Kier alpha value is -1.46. The van der Waals surface area contributed by atoms with E-state index in [1.54, 1.807) is 6.07 Å². The molecule has 0 atom stereocenters. The molecule has 4 nitrogen and oxygen atoms in total. The first kappa shape index (κ1) is 12.0. The lowest BCUT2D eigenvalue weighted by Crippen LogP contribution is -2.12. The number of hydrogen-bond acceptors (Lipinski definition) is 4. The number of hydrogen-bond donors (Lipinski definition) is 1. The van der Waals surface area contributed by atoms with Gasteiger partial charge in [0.1, 0.15) is 5.15 Å². The van der Waals surface area contributed by atoms with Gasteiger partial charge in [-0.2, -0.15) is 0 Å². The molecule has 2 heterocycles. The summed E-state index contributed by atoms with van der Waals surface area (Å²) < 4.78 is 0. The lowest BCUT2D eigenvalue weighted by Gasteiger charge is -2.00. The zero-order valence-electron chi connectivity index (χ0n) is 9.32. The minimum absolute atomic E-state index is 0.214. The van der Waals surface area contributed by atoms with Crippen molar-refractivity contribution < 1.29 is 4.79 Å². The summed E-state index contributed by atoms with van der Waals surface area (Å²) in [6, 6.07) is 3.40. The van der Waals surface area contributed by atoms with Gasteiger partial charge in [0.25, 0.3) is 5.91 Å². The summed E-state index contributed by atoms with van der Waals surface area (Å²) in [5.74, 6) is -0.000303. The molecule has 0 saturated carbocycles. The molecule has 17 heavy (non-hydrogen) atoms. The van der Waals surface area contributed by atoms with Gasteiger partial charge < -0.3 is 0 Å². The molecule has 0 spiro atoms. The second-order valence-corrected chi connectivity index (χ2v) is 5.15. The third-order valence-corrected chi connectivity index (χ3v) is 3.60. The molecular formula is C11H10ClN3OS. The van der Waals surface area contributed by atoms with Gasteiger partial charge in [0, 0.05) is 11.1 Å². The number of carbonyl (C=O) groups excluding carboxylic acids is 1. The fraction of sp³-hybridized carbons (Fsp3) is 0.182. The van der Waals surface area contributed by atoms with Crippen LogP contribution in [-0.4, -0.2) is 15.9 Å². The molecule has 0 aliphatic heterocycles. The molecule has 1 N–H and O–H groups in total. The predicted octanol–water partition coefficient (Wildman–Crippen LogP) is 3.06. The van der Waals surface area contributed by atoms with E-state index in [-0.39, 0.29) is 11.9 Å². The molecular weight excluding hydrogens is 258 g/mol. The van der Waals surface area contributed by atoms with E-state index in [9.17, 15) is 4.79 Å². The van der Waals surface area contributed by atoms with Crippen LogP contribution in [0.1, 0.15) is 20.1 Å². The molecule has 0 aliphatic rings. The Kier molecular flexibility index (Phi) is 3.40. The zero-order valence-corrected chi connectivity index (χ0v) is 10.9. The van der Waals surface area contributed by atoms with Gasteiger partial charge in [-0.15, -0.1) is 11.3 Å². The Morgan fingerprint density at radius 3 is 2.82 bits per heavy atom. The number of aromatic nitrogens is 2. The molecule has 1 amide bonds. The molecule has 2 aromatic rings. The lowest BCUT2D eigenvalue weighted by atomic mass is 10.3. The van der Waals surface area contributed by atoms with Crippen molar-refractivity contribution in [1.82, 2.24) is 9.97 Å². The van der Waals surface area contributed by atoms with Crippen molar-refractivity contribution in [3.63, 3.8) is 0 Å². The maximum atomic E-state index is 11.9. The first-order valence-electron chi connectivity index (χ1n) is 4.93. The highest BCUT2D eigenvalue weighted by Crippen LogP contribution is 2.21. The quantitative estimate of drug-likeness (QED) is 0.851. The molecule has 2 aromatic heterocycles. The Morgan fingerprint density at radius 2 is 2.24 bits per heavy atom. The number of halogens is 1. The van der Waals surface area contributed by atoms with E-state index < -0.39 is 0 Å². The van der Waals surface area contributed by atoms with E-state index in [2.05, 4.69) is 15.3 Å². The highest BCUT2D eigenvalue weighted by Gasteiger charge is 2.11. The van der Waals surface area contributed by atoms with Gasteiger partial charge in [-0.1, -0.05) is 11.6 Å². The van der Waals surface area contributed by atoms with Crippen molar-refractivity contribution in [3.8, 4) is 0 Å². The maximum Gasteiger partial charge on any atom is 0.268 e. The summed E-state index contributed by atoms with van der Waals surface area (Å²) in [5, 5.41) is 2.90. The van der Waals surface area contributed by atoms with Crippen LogP contribution >= 0.6 is 22.9 Å². The molecule has 0 radical (unpaired) electrons. The third-order valence-electron chi connectivity index (χ3n) is 2.24. The van der Waals surface area contributed by atoms with Crippen molar-refractivity contribution in [2.24, 2.45) is 0 Å². The molecule has 0 aliphatic carbocycles. The SMILES string of the molecule is Cc1cc(C(=O)Nc2nccc(Cl)n2)sc1C. The highest BCUT2D eigenvalue weighted by atomic mass is 35.5. The van der Waals surface area contributed by atoms with Gasteiger partial charge in [0.2, 0.25) is 5.95 Å². The lowest BCUT2D eigenvalue weighted by molar-refractivity contribution is 0.102. The molecule has 0 saturated heterocycles. The molecule has 0 bridgehead atoms. The van der Waals surface area contributed by atoms with Crippen LogP contribution in [-0.2, 0) is 0 Å². The van der Waals surface area contributed by atoms with Crippen LogP contribution in [0.4, 0.5) is 5.95 Å². The summed E-state index contributed by atoms with van der Waals surface area (Å²) in [5.41, 5.74) is 1.10. The average Bonchev–Trinajstić information content (AvgIpc) is 2.59. The van der Waals surface area contributed by atoms with E-state index in [0.29, 0.717) is 10.0 Å². The monoisotopic (exact) mass is 267 g/mol. The van der Waals surface area contributed by atoms with Gasteiger partial charge in [-0.25, -0.2) is 9.97 Å².